The maximum atomic E-state index is 14.9. The van der Waals surface area contributed by atoms with E-state index < -0.39 is 6.17 Å². The number of fused-ring (bicyclic) bond motifs is 2. The second kappa shape index (κ2) is 8.42. The first kappa shape index (κ1) is 22.2. The van der Waals surface area contributed by atoms with E-state index in [-0.39, 0.29) is 12.1 Å². The molecule has 11 heteroatoms. The van der Waals surface area contributed by atoms with Gasteiger partial charge in [-0.25, -0.2) is 18.9 Å². The summed E-state index contributed by atoms with van der Waals surface area (Å²) >= 11 is 0. The fourth-order valence-corrected chi connectivity index (χ4v) is 5.20. The average molecular weight is 480 g/mol. The van der Waals surface area contributed by atoms with Crippen molar-refractivity contribution in [3.05, 3.63) is 30.2 Å². The fourth-order valence-electron chi connectivity index (χ4n) is 5.20. The first-order valence-corrected chi connectivity index (χ1v) is 12.1. The van der Waals surface area contributed by atoms with E-state index in [9.17, 15) is 4.39 Å². The normalized spacial score (nSPS) is 21.7. The van der Waals surface area contributed by atoms with Crippen LogP contribution in [0.4, 0.5) is 16.2 Å². The van der Waals surface area contributed by atoms with E-state index in [0.29, 0.717) is 49.5 Å². The maximum Gasteiger partial charge on any atom is 0.243 e. The number of pyridine rings is 1. The molecule has 3 N–H and O–H groups in total. The molecule has 2 aliphatic heterocycles. The molecule has 0 radical (unpaired) electrons. The Morgan fingerprint density at radius 3 is 2.71 bits per heavy atom. The van der Waals surface area contributed by atoms with Gasteiger partial charge in [-0.15, -0.1) is 5.10 Å². The number of anilines is 2. The number of piperidine rings is 1. The van der Waals surface area contributed by atoms with E-state index in [1.807, 2.05) is 31.3 Å². The minimum absolute atomic E-state index is 0.240. The van der Waals surface area contributed by atoms with Gasteiger partial charge in [0.05, 0.1) is 31.0 Å². The highest BCUT2D eigenvalue weighted by Crippen LogP contribution is 2.30. The van der Waals surface area contributed by atoms with Crippen LogP contribution in [0.15, 0.2) is 24.4 Å². The molecule has 0 bridgehead atoms. The predicted molar refractivity (Wildman–Crippen MR) is 132 cm³/mol. The van der Waals surface area contributed by atoms with Gasteiger partial charge in [-0.2, -0.15) is 4.98 Å². The van der Waals surface area contributed by atoms with Crippen LogP contribution in [0.3, 0.4) is 0 Å². The standard InChI is InChI=1S/C24H30FN9O/c1-13(2)34-14(3)27-20-5-4-18(28-23(20)34)16-6-9-33-21(16)22(26)30-24(31-33)29-19-7-8-32(10-17(19)25)15-11-35-12-15/h4-6,9,13,15,17,19H,7-8,10-12H2,1-3H3,(H3,26,29,30,31)/t17-,19+/m1/s1. The number of rotatable bonds is 5. The molecule has 35 heavy (non-hydrogen) atoms. The van der Waals surface area contributed by atoms with Crippen LogP contribution in [-0.2, 0) is 4.74 Å². The summed E-state index contributed by atoms with van der Waals surface area (Å²) in [7, 11) is 0. The van der Waals surface area contributed by atoms with Crippen LogP contribution in [0.1, 0.15) is 32.1 Å². The highest BCUT2D eigenvalue weighted by molar-refractivity contribution is 5.88. The van der Waals surface area contributed by atoms with Crippen molar-refractivity contribution in [2.45, 2.75) is 51.5 Å². The molecular weight excluding hydrogens is 449 g/mol. The van der Waals surface area contributed by atoms with E-state index in [4.69, 9.17) is 15.5 Å². The molecule has 2 aliphatic rings. The third kappa shape index (κ3) is 3.79. The van der Waals surface area contributed by atoms with Crippen molar-refractivity contribution in [2.75, 3.05) is 37.4 Å². The van der Waals surface area contributed by atoms with Gasteiger partial charge in [0, 0.05) is 30.9 Å². The Morgan fingerprint density at radius 1 is 1.17 bits per heavy atom. The minimum atomic E-state index is -1.02. The van der Waals surface area contributed by atoms with Gasteiger partial charge in [0.25, 0.3) is 0 Å². The summed E-state index contributed by atoms with van der Waals surface area (Å²) in [4.78, 5) is 16.2. The predicted octanol–water partition coefficient (Wildman–Crippen LogP) is 2.84. The SMILES string of the molecule is Cc1nc2ccc(-c3ccn4nc(N[C@H]5CCN(C6COC6)C[C@H]5F)nc(N)c34)nc2n1C(C)C. The van der Waals surface area contributed by atoms with Gasteiger partial charge in [-0.1, -0.05) is 0 Å². The Balaban J connectivity index is 1.28. The topological polar surface area (TPSA) is 111 Å². The number of ether oxygens (including phenoxy) is 1. The number of hydrogen-bond donors (Lipinski definition) is 2. The van der Waals surface area contributed by atoms with E-state index in [1.165, 1.54) is 0 Å². The van der Waals surface area contributed by atoms with Gasteiger partial charge in [0.1, 0.15) is 23.0 Å². The lowest BCUT2D eigenvalue weighted by Gasteiger charge is -2.42. The molecule has 10 nitrogen and oxygen atoms in total. The number of aryl methyl sites for hydroxylation is 1. The number of nitrogens with zero attached hydrogens (tertiary/aromatic N) is 7. The summed E-state index contributed by atoms with van der Waals surface area (Å²) < 4.78 is 24.0. The molecule has 6 rings (SSSR count). The lowest BCUT2D eigenvalue weighted by atomic mass is 10.0. The summed E-state index contributed by atoms with van der Waals surface area (Å²) in [5, 5.41) is 7.75. The Labute approximate surface area is 202 Å². The van der Waals surface area contributed by atoms with Crippen LogP contribution >= 0.6 is 0 Å². The van der Waals surface area contributed by atoms with Crippen LogP contribution in [0, 0.1) is 6.92 Å². The first-order valence-electron chi connectivity index (χ1n) is 12.1. The van der Waals surface area contributed by atoms with E-state index >= 15 is 0 Å². The molecule has 0 unspecified atom stereocenters. The minimum Gasteiger partial charge on any atom is -0.382 e. The van der Waals surface area contributed by atoms with Crippen molar-refractivity contribution in [2.24, 2.45) is 0 Å². The molecule has 4 aromatic rings. The van der Waals surface area contributed by atoms with Gasteiger partial charge in [0.2, 0.25) is 5.95 Å². The molecule has 184 valence electrons. The van der Waals surface area contributed by atoms with Crippen LogP contribution in [0.5, 0.6) is 0 Å². The molecule has 0 aromatic carbocycles. The number of aromatic nitrogens is 6. The zero-order valence-electron chi connectivity index (χ0n) is 20.1. The number of hydrogen-bond acceptors (Lipinski definition) is 8. The Kier molecular flexibility index (Phi) is 5.33. The van der Waals surface area contributed by atoms with Crippen LogP contribution in [0.2, 0.25) is 0 Å². The molecule has 0 amide bonds. The van der Waals surface area contributed by atoms with Crippen LogP contribution in [0.25, 0.3) is 27.9 Å². The number of likely N-dealkylation sites (tertiary alicyclic amines) is 1. The molecule has 0 saturated carbocycles. The Bertz CT molecular complexity index is 1390. The molecular formula is C24H30FN9O. The highest BCUT2D eigenvalue weighted by atomic mass is 19.1. The number of alkyl halides is 1. The number of nitrogens with one attached hydrogen (secondary N) is 1. The smallest absolute Gasteiger partial charge is 0.243 e. The zero-order valence-corrected chi connectivity index (χ0v) is 20.1. The van der Waals surface area contributed by atoms with Crippen molar-refractivity contribution >= 4 is 28.4 Å². The number of nitrogens with two attached hydrogens (primary N) is 1. The van der Waals surface area contributed by atoms with Crippen molar-refractivity contribution in [3.63, 3.8) is 0 Å². The molecule has 2 atom stereocenters. The quantitative estimate of drug-likeness (QED) is 0.450. The van der Waals surface area contributed by atoms with Gasteiger partial charge in [-0.3, -0.25) is 4.90 Å². The lowest BCUT2D eigenvalue weighted by Crippen LogP contribution is -2.57. The van der Waals surface area contributed by atoms with Crippen molar-refractivity contribution in [1.82, 2.24) is 34.0 Å². The van der Waals surface area contributed by atoms with E-state index in [0.717, 1.165) is 34.8 Å². The summed E-state index contributed by atoms with van der Waals surface area (Å²) in [5.74, 6) is 1.57. The monoisotopic (exact) mass is 479 g/mol. The van der Waals surface area contributed by atoms with Gasteiger partial charge >= 0.3 is 0 Å². The third-order valence-electron chi connectivity index (χ3n) is 7.07. The maximum absolute atomic E-state index is 14.9. The fraction of sp³-hybridized carbons (Fsp3) is 0.500. The number of imidazole rings is 1. The molecule has 0 aliphatic carbocycles. The average Bonchev–Trinajstić information content (AvgIpc) is 3.34. The van der Waals surface area contributed by atoms with E-state index in [2.05, 4.69) is 43.7 Å². The molecule has 2 fully saturated rings. The first-order chi connectivity index (χ1) is 16.9. The second-order valence-electron chi connectivity index (χ2n) is 9.75. The summed E-state index contributed by atoms with van der Waals surface area (Å²) in [6, 6.07) is 6.06. The van der Waals surface area contributed by atoms with Crippen molar-refractivity contribution < 1.29 is 9.13 Å². The molecule has 0 spiro atoms. The lowest BCUT2D eigenvalue weighted by molar-refractivity contribution is -0.0794. The van der Waals surface area contributed by atoms with Crippen molar-refractivity contribution in [3.8, 4) is 11.3 Å². The highest BCUT2D eigenvalue weighted by Gasteiger charge is 2.35. The second-order valence-corrected chi connectivity index (χ2v) is 9.75. The Hall–Kier alpha value is -3.31. The van der Waals surface area contributed by atoms with Gasteiger partial charge in [0.15, 0.2) is 11.5 Å². The summed E-state index contributed by atoms with van der Waals surface area (Å²) in [6.07, 6.45) is 1.48. The molecule has 6 heterocycles. The van der Waals surface area contributed by atoms with E-state index in [1.54, 1.807) is 4.52 Å². The zero-order chi connectivity index (χ0) is 24.3. The number of halogens is 1. The molecule has 2 saturated heterocycles. The third-order valence-corrected chi connectivity index (χ3v) is 7.07. The van der Waals surface area contributed by atoms with Crippen LogP contribution < -0.4 is 11.1 Å². The van der Waals surface area contributed by atoms with Gasteiger partial charge < -0.3 is 20.4 Å². The molecule has 4 aromatic heterocycles. The van der Waals surface area contributed by atoms with Gasteiger partial charge in [-0.05, 0) is 45.4 Å². The summed E-state index contributed by atoms with van der Waals surface area (Å²) in [5.41, 5.74) is 10.4. The number of nitrogen functional groups attached to an aromatic ring is 1. The summed E-state index contributed by atoms with van der Waals surface area (Å²) in [6.45, 7) is 8.81. The largest absolute Gasteiger partial charge is 0.382 e. The van der Waals surface area contributed by atoms with Crippen LogP contribution in [-0.4, -0.2) is 78.6 Å². The van der Waals surface area contributed by atoms with Crippen molar-refractivity contribution in [1.29, 1.82) is 0 Å². The Morgan fingerprint density at radius 2 is 2.00 bits per heavy atom.